The predicted octanol–water partition coefficient (Wildman–Crippen LogP) is 4.10. The molecule has 29 heavy (non-hydrogen) atoms. The third kappa shape index (κ3) is 3.16. The van der Waals surface area contributed by atoms with E-state index >= 15 is 0 Å². The lowest BCUT2D eigenvalue weighted by Gasteiger charge is -2.29. The third-order valence-electron chi connectivity index (χ3n) is 5.24. The van der Waals surface area contributed by atoms with Gasteiger partial charge in [-0.2, -0.15) is 0 Å². The largest absolute Gasteiger partial charge is 0.493 e. The maximum absolute atomic E-state index is 12.9. The number of fused-ring (bicyclic) bond motifs is 1. The van der Waals surface area contributed by atoms with Crippen LogP contribution in [0.25, 0.3) is 22.6 Å². The molecule has 0 bridgehead atoms. The quantitative estimate of drug-likeness (QED) is 0.515. The lowest BCUT2D eigenvalue weighted by molar-refractivity contribution is 0.0676. The molecule has 8 nitrogen and oxygen atoms in total. The van der Waals surface area contributed by atoms with Gasteiger partial charge in [0.1, 0.15) is 0 Å². The summed E-state index contributed by atoms with van der Waals surface area (Å²) in [6, 6.07) is 10.9. The van der Waals surface area contributed by atoms with Crippen LogP contribution in [0.2, 0.25) is 0 Å². The first-order valence-corrected chi connectivity index (χ1v) is 9.46. The normalized spacial score (nSPS) is 15.1. The molecule has 0 spiro atoms. The van der Waals surface area contributed by atoms with Crippen LogP contribution in [-0.4, -0.2) is 41.2 Å². The van der Waals surface area contributed by atoms with Crippen LogP contribution in [0.3, 0.4) is 0 Å². The summed E-state index contributed by atoms with van der Waals surface area (Å²) in [4.78, 5) is 14.7. The van der Waals surface area contributed by atoms with Crippen molar-refractivity contribution >= 4 is 16.9 Å². The van der Waals surface area contributed by atoms with Gasteiger partial charge in [0, 0.05) is 24.4 Å². The van der Waals surface area contributed by atoms with Crippen LogP contribution in [0.5, 0.6) is 5.75 Å². The number of rotatable bonds is 4. The van der Waals surface area contributed by atoms with Crippen molar-refractivity contribution in [3.8, 4) is 17.4 Å². The number of methoxy groups -OCH3 is 1. The average molecular weight is 393 g/mol. The highest BCUT2D eigenvalue weighted by molar-refractivity contribution is 5.97. The highest BCUT2D eigenvalue weighted by Crippen LogP contribution is 2.32. The summed E-state index contributed by atoms with van der Waals surface area (Å²) in [7, 11) is 1.58. The van der Waals surface area contributed by atoms with E-state index in [1.807, 2.05) is 18.2 Å². The second-order valence-corrected chi connectivity index (χ2v) is 6.98. The second-order valence-electron chi connectivity index (χ2n) is 6.98. The summed E-state index contributed by atoms with van der Waals surface area (Å²) in [5.74, 6) is 2.44. The Morgan fingerprint density at radius 1 is 1.14 bits per heavy atom. The molecule has 148 valence electrons. The number of ether oxygens (including phenoxy) is 1. The zero-order valence-corrected chi connectivity index (χ0v) is 15.8. The van der Waals surface area contributed by atoms with Gasteiger partial charge in [0.25, 0.3) is 11.8 Å². The fourth-order valence-electron chi connectivity index (χ4n) is 3.69. The standard InChI is InChI=1S/C21H19N3O5/c1-26-15-5-2-4-14-12-17(28-18(14)15)21(25)24-9-7-13(8-10-24)19-22-23-20(29-19)16-6-3-11-27-16/h2-6,11-13H,7-10H2,1H3. The molecule has 1 aliphatic rings. The van der Waals surface area contributed by atoms with Gasteiger partial charge < -0.3 is 22.9 Å². The zero-order valence-electron chi connectivity index (χ0n) is 15.8. The average Bonchev–Trinajstić information content (AvgIpc) is 3.52. The monoisotopic (exact) mass is 393 g/mol. The van der Waals surface area contributed by atoms with Gasteiger partial charge in [-0.05, 0) is 37.1 Å². The summed E-state index contributed by atoms with van der Waals surface area (Å²) in [5, 5.41) is 9.06. The Morgan fingerprint density at radius 3 is 2.76 bits per heavy atom. The molecule has 1 aromatic carbocycles. The summed E-state index contributed by atoms with van der Waals surface area (Å²) in [6.07, 6.45) is 3.06. The summed E-state index contributed by atoms with van der Waals surface area (Å²) in [5.41, 5.74) is 0.588. The number of amides is 1. The van der Waals surface area contributed by atoms with E-state index in [0.29, 0.717) is 47.7 Å². The molecule has 0 atom stereocenters. The van der Waals surface area contributed by atoms with E-state index in [4.69, 9.17) is 18.0 Å². The van der Waals surface area contributed by atoms with Crippen LogP contribution in [0.15, 0.2) is 55.9 Å². The van der Waals surface area contributed by atoms with Gasteiger partial charge in [0.05, 0.1) is 13.4 Å². The van der Waals surface area contributed by atoms with Gasteiger partial charge in [0.2, 0.25) is 5.89 Å². The lowest BCUT2D eigenvalue weighted by atomic mass is 9.96. The minimum Gasteiger partial charge on any atom is -0.493 e. The fourth-order valence-corrected chi connectivity index (χ4v) is 3.69. The molecule has 1 amide bonds. The van der Waals surface area contributed by atoms with Gasteiger partial charge in [-0.1, -0.05) is 12.1 Å². The number of nitrogens with zero attached hydrogens (tertiary/aromatic N) is 3. The van der Waals surface area contributed by atoms with E-state index in [2.05, 4.69) is 10.2 Å². The van der Waals surface area contributed by atoms with Crippen molar-refractivity contribution < 1.29 is 22.8 Å². The number of likely N-dealkylation sites (tertiary alicyclic amines) is 1. The highest BCUT2D eigenvalue weighted by atomic mass is 16.5. The van der Waals surface area contributed by atoms with Crippen LogP contribution in [0.1, 0.15) is 35.2 Å². The molecule has 0 aliphatic carbocycles. The number of carbonyl (C=O) groups excluding carboxylic acids is 1. The van der Waals surface area contributed by atoms with E-state index in [1.165, 1.54) is 0 Å². The molecule has 0 unspecified atom stereocenters. The maximum atomic E-state index is 12.9. The van der Waals surface area contributed by atoms with Gasteiger partial charge in [-0.15, -0.1) is 10.2 Å². The number of piperidine rings is 1. The molecule has 1 fully saturated rings. The predicted molar refractivity (Wildman–Crippen MR) is 103 cm³/mol. The van der Waals surface area contributed by atoms with Crippen LogP contribution in [-0.2, 0) is 0 Å². The van der Waals surface area contributed by atoms with E-state index < -0.39 is 0 Å². The van der Waals surface area contributed by atoms with E-state index in [9.17, 15) is 4.79 Å². The molecule has 4 aromatic rings. The van der Waals surface area contributed by atoms with Crippen LogP contribution in [0.4, 0.5) is 0 Å². The van der Waals surface area contributed by atoms with Crippen LogP contribution >= 0.6 is 0 Å². The van der Waals surface area contributed by atoms with Gasteiger partial charge in [-0.3, -0.25) is 4.79 Å². The number of aromatic nitrogens is 2. The molecular weight excluding hydrogens is 374 g/mol. The number of carbonyl (C=O) groups is 1. The van der Waals surface area contributed by atoms with E-state index in [-0.39, 0.29) is 11.8 Å². The Bertz CT molecular complexity index is 1140. The first kappa shape index (κ1) is 17.5. The molecule has 5 rings (SSSR count). The molecule has 0 saturated carbocycles. The van der Waals surface area contributed by atoms with Crippen molar-refractivity contribution in [3.05, 3.63) is 54.3 Å². The molecule has 0 N–H and O–H groups in total. The Morgan fingerprint density at radius 2 is 2.00 bits per heavy atom. The second kappa shape index (κ2) is 7.12. The lowest BCUT2D eigenvalue weighted by Crippen LogP contribution is -2.37. The summed E-state index contributed by atoms with van der Waals surface area (Å²) in [6.45, 7) is 1.19. The van der Waals surface area contributed by atoms with Gasteiger partial charge in [0.15, 0.2) is 22.9 Å². The fraction of sp³-hybridized carbons (Fsp3) is 0.286. The molecule has 4 heterocycles. The number of benzene rings is 1. The van der Waals surface area contributed by atoms with Crippen LogP contribution < -0.4 is 4.74 Å². The van der Waals surface area contributed by atoms with Crippen molar-refractivity contribution in [2.45, 2.75) is 18.8 Å². The summed E-state index contributed by atoms with van der Waals surface area (Å²) >= 11 is 0. The zero-order chi connectivity index (χ0) is 19.8. The number of hydrogen-bond donors (Lipinski definition) is 0. The Hall–Kier alpha value is -3.55. The maximum Gasteiger partial charge on any atom is 0.289 e. The molecule has 0 radical (unpaired) electrons. The van der Waals surface area contributed by atoms with Crippen molar-refractivity contribution in [2.75, 3.05) is 20.2 Å². The highest BCUT2D eigenvalue weighted by Gasteiger charge is 2.29. The minimum absolute atomic E-state index is 0.117. The smallest absolute Gasteiger partial charge is 0.289 e. The van der Waals surface area contributed by atoms with Crippen molar-refractivity contribution in [1.82, 2.24) is 15.1 Å². The Labute approximate surface area is 166 Å². The Kier molecular flexibility index (Phi) is 4.31. The first-order valence-electron chi connectivity index (χ1n) is 9.46. The Balaban J connectivity index is 1.27. The first-order chi connectivity index (χ1) is 14.2. The molecule has 1 saturated heterocycles. The molecule has 3 aromatic heterocycles. The van der Waals surface area contributed by atoms with Crippen molar-refractivity contribution in [2.24, 2.45) is 0 Å². The van der Waals surface area contributed by atoms with Gasteiger partial charge in [-0.25, -0.2) is 0 Å². The topological polar surface area (TPSA) is 94.7 Å². The van der Waals surface area contributed by atoms with E-state index in [0.717, 1.165) is 18.2 Å². The van der Waals surface area contributed by atoms with E-state index in [1.54, 1.807) is 36.5 Å². The summed E-state index contributed by atoms with van der Waals surface area (Å²) < 4.78 is 22.2. The number of para-hydroxylation sites is 1. The minimum atomic E-state index is -0.122. The van der Waals surface area contributed by atoms with Crippen molar-refractivity contribution in [1.29, 1.82) is 0 Å². The van der Waals surface area contributed by atoms with Crippen LogP contribution in [0, 0.1) is 0 Å². The molecule has 8 heteroatoms. The number of hydrogen-bond acceptors (Lipinski definition) is 7. The number of furan rings is 2. The SMILES string of the molecule is COc1cccc2cc(C(=O)N3CCC(c4nnc(-c5ccco5)o4)CC3)oc12. The van der Waals surface area contributed by atoms with Crippen molar-refractivity contribution in [3.63, 3.8) is 0 Å². The molecule has 1 aliphatic heterocycles. The molecular formula is C21H19N3O5. The third-order valence-corrected chi connectivity index (χ3v) is 5.24. The van der Waals surface area contributed by atoms with Gasteiger partial charge >= 0.3 is 0 Å².